The van der Waals surface area contributed by atoms with E-state index < -0.39 is 0 Å². The van der Waals surface area contributed by atoms with Crippen LogP contribution in [0.15, 0.2) is 36.5 Å². The van der Waals surface area contributed by atoms with E-state index in [2.05, 4.69) is 15.7 Å². The first-order valence-electron chi connectivity index (χ1n) is 8.84. The Hall–Kier alpha value is -2.38. The topological polar surface area (TPSA) is 77.4 Å². The number of amides is 1. The Morgan fingerprint density at radius 2 is 1.96 bits per heavy atom. The highest BCUT2D eigenvalue weighted by Gasteiger charge is 2.32. The highest BCUT2D eigenvalue weighted by Crippen LogP contribution is 2.28. The Bertz CT molecular complexity index is 715. The second kappa shape index (κ2) is 8.33. The average Bonchev–Trinajstić information content (AvgIpc) is 3.17. The van der Waals surface area contributed by atoms with Crippen LogP contribution in [0.1, 0.15) is 23.3 Å². The maximum atomic E-state index is 12.5. The summed E-state index contributed by atoms with van der Waals surface area (Å²) in [5.74, 6) is 0.621. The van der Waals surface area contributed by atoms with Crippen molar-refractivity contribution in [2.24, 2.45) is 5.41 Å². The summed E-state index contributed by atoms with van der Waals surface area (Å²) >= 11 is 0. The van der Waals surface area contributed by atoms with Gasteiger partial charge < -0.3 is 20.1 Å². The van der Waals surface area contributed by atoms with Gasteiger partial charge in [0, 0.05) is 25.3 Å². The number of nitrogens with one attached hydrogen (secondary N) is 2. The van der Waals surface area contributed by atoms with E-state index in [1.165, 1.54) is 0 Å². The summed E-state index contributed by atoms with van der Waals surface area (Å²) in [6, 6.07) is 9.25. The number of hydrogen-bond acceptors (Lipinski definition) is 5. The maximum Gasteiger partial charge on any atom is 0.271 e. The molecule has 0 aliphatic carbocycles. The van der Waals surface area contributed by atoms with Crippen molar-refractivity contribution in [3.8, 4) is 11.4 Å². The van der Waals surface area contributed by atoms with Crippen LogP contribution in [0.2, 0.25) is 0 Å². The summed E-state index contributed by atoms with van der Waals surface area (Å²) in [6.07, 6.45) is 3.76. The van der Waals surface area contributed by atoms with E-state index in [0.717, 1.165) is 37.4 Å². The summed E-state index contributed by atoms with van der Waals surface area (Å²) in [5.41, 5.74) is 1.27. The first kappa shape index (κ1) is 18.4. The minimum atomic E-state index is -0.161. The molecule has 1 amide bonds. The number of hydrogen-bond donors (Lipinski definition) is 2. The smallest absolute Gasteiger partial charge is 0.271 e. The number of aromatic nitrogens is 2. The molecule has 1 aromatic carbocycles. The molecule has 26 heavy (non-hydrogen) atoms. The predicted octanol–water partition coefficient (Wildman–Crippen LogP) is 1.63. The fourth-order valence-corrected chi connectivity index (χ4v) is 3.32. The monoisotopic (exact) mass is 358 g/mol. The van der Waals surface area contributed by atoms with Crippen LogP contribution >= 0.6 is 0 Å². The van der Waals surface area contributed by atoms with Crippen molar-refractivity contribution in [1.82, 2.24) is 20.4 Å². The summed E-state index contributed by atoms with van der Waals surface area (Å²) in [5, 5.41) is 10.8. The molecule has 7 heteroatoms. The van der Waals surface area contributed by atoms with E-state index in [9.17, 15) is 4.79 Å². The number of rotatable bonds is 7. The molecule has 1 fully saturated rings. The molecule has 0 atom stereocenters. The normalized spacial score (nSPS) is 16.2. The summed E-state index contributed by atoms with van der Waals surface area (Å²) in [6.45, 7) is 3.14. The lowest BCUT2D eigenvalue weighted by molar-refractivity contribution is 0.0510. The van der Waals surface area contributed by atoms with Crippen LogP contribution in [-0.2, 0) is 4.74 Å². The van der Waals surface area contributed by atoms with Crippen molar-refractivity contribution in [2.75, 3.05) is 40.5 Å². The quantitative estimate of drug-likeness (QED) is 0.787. The summed E-state index contributed by atoms with van der Waals surface area (Å²) in [7, 11) is 3.34. The molecule has 0 spiro atoms. The van der Waals surface area contributed by atoms with Crippen LogP contribution in [-0.4, -0.2) is 56.1 Å². The van der Waals surface area contributed by atoms with Gasteiger partial charge in [0.1, 0.15) is 5.75 Å². The molecule has 2 heterocycles. The lowest BCUT2D eigenvalue weighted by atomic mass is 9.79. The van der Waals surface area contributed by atoms with Crippen LogP contribution < -0.4 is 15.4 Å². The van der Waals surface area contributed by atoms with Gasteiger partial charge in [-0.1, -0.05) is 0 Å². The fraction of sp³-hybridized carbons (Fsp3) is 0.474. The van der Waals surface area contributed by atoms with E-state index >= 15 is 0 Å². The third kappa shape index (κ3) is 4.23. The zero-order valence-corrected chi connectivity index (χ0v) is 15.3. The Balaban J connectivity index is 1.63. The van der Waals surface area contributed by atoms with Gasteiger partial charge in [-0.05, 0) is 56.3 Å². The van der Waals surface area contributed by atoms with E-state index in [-0.39, 0.29) is 11.3 Å². The van der Waals surface area contributed by atoms with Crippen LogP contribution in [0.5, 0.6) is 5.75 Å². The molecule has 0 unspecified atom stereocenters. The Morgan fingerprint density at radius 3 is 2.62 bits per heavy atom. The van der Waals surface area contributed by atoms with Crippen LogP contribution in [0.4, 0.5) is 0 Å². The predicted molar refractivity (Wildman–Crippen MR) is 98.9 cm³/mol. The number of piperidine rings is 1. The van der Waals surface area contributed by atoms with E-state index in [1.54, 1.807) is 31.2 Å². The van der Waals surface area contributed by atoms with Crippen LogP contribution in [0.25, 0.3) is 5.69 Å². The van der Waals surface area contributed by atoms with Crippen LogP contribution in [0, 0.1) is 5.41 Å². The van der Waals surface area contributed by atoms with Gasteiger partial charge in [0.15, 0.2) is 5.69 Å². The molecular weight excluding hydrogens is 332 g/mol. The number of ether oxygens (including phenoxy) is 2. The lowest BCUT2D eigenvalue weighted by Crippen LogP contribution is -2.47. The van der Waals surface area contributed by atoms with Crippen molar-refractivity contribution in [2.45, 2.75) is 12.8 Å². The molecule has 1 aromatic heterocycles. The van der Waals surface area contributed by atoms with Crippen molar-refractivity contribution >= 4 is 5.91 Å². The van der Waals surface area contributed by atoms with Crippen molar-refractivity contribution in [1.29, 1.82) is 0 Å². The van der Waals surface area contributed by atoms with Crippen LogP contribution in [0.3, 0.4) is 0 Å². The highest BCUT2D eigenvalue weighted by atomic mass is 16.5. The van der Waals surface area contributed by atoms with E-state index in [1.807, 2.05) is 24.3 Å². The van der Waals surface area contributed by atoms with Gasteiger partial charge >= 0.3 is 0 Å². The Morgan fingerprint density at radius 1 is 1.23 bits per heavy atom. The molecule has 7 nitrogen and oxygen atoms in total. The Kier molecular flexibility index (Phi) is 5.90. The molecule has 0 radical (unpaired) electrons. The standard InChI is InChI=1S/C19H26N4O3/c1-25-14-19(8-10-20-11-9-19)13-21-18(24)17-7-12-23(22-17)15-3-5-16(26-2)6-4-15/h3-7,12,20H,8-11,13-14H2,1-2H3,(H,21,24). The zero-order valence-electron chi connectivity index (χ0n) is 15.3. The first-order valence-corrected chi connectivity index (χ1v) is 8.84. The van der Waals surface area contributed by atoms with Crippen molar-refractivity contribution in [3.05, 3.63) is 42.2 Å². The van der Waals surface area contributed by atoms with Gasteiger partial charge in [-0.3, -0.25) is 4.79 Å². The van der Waals surface area contributed by atoms with Gasteiger partial charge in [-0.25, -0.2) is 4.68 Å². The number of carbonyl (C=O) groups is 1. The second-order valence-corrected chi connectivity index (χ2v) is 6.71. The SMILES string of the molecule is COCC1(CNC(=O)c2ccn(-c3ccc(OC)cc3)n2)CCNCC1. The maximum absolute atomic E-state index is 12.5. The summed E-state index contributed by atoms with van der Waals surface area (Å²) < 4.78 is 12.2. The average molecular weight is 358 g/mol. The van der Waals surface area contributed by atoms with Gasteiger partial charge in [-0.15, -0.1) is 0 Å². The third-order valence-corrected chi connectivity index (χ3v) is 4.90. The van der Waals surface area contributed by atoms with Gasteiger partial charge in [0.05, 0.1) is 19.4 Å². The molecule has 2 aromatic rings. The highest BCUT2D eigenvalue weighted by molar-refractivity contribution is 5.92. The number of benzene rings is 1. The van der Waals surface area contributed by atoms with E-state index in [4.69, 9.17) is 9.47 Å². The minimum Gasteiger partial charge on any atom is -0.497 e. The molecule has 1 aliphatic heterocycles. The second-order valence-electron chi connectivity index (χ2n) is 6.71. The largest absolute Gasteiger partial charge is 0.497 e. The molecular formula is C19H26N4O3. The molecule has 0 saturated carbocycles. The Labute approximate surface area is 153 Å². The van der Waals surface area contributed by atoms with Crippen molar-refractivity contribution < 1.29 is 14.3 Å². The molecule has 3 rings (SSSR count). The van der Waals surface area contributed by atoms with Gasteiger partial charge in [-0.2, -0.15) is 5.10 Å². The number of carbonyl (C=O) groups excluding carboxylic acids is 1. The first-order chi connectivity index (χ1) is 12.7. The van der Waals surface area contributed by atoms with Gasteiger partial charge in [0.25, 0.3) is 5.91 Å². The third-order valence-electron chi connectivity index (χ3n) is 4.90. The molecule has 1 aliphatic rings. The van der Waals surface area contributed by atoms with Crippen molar-refractivity contribution in [3.63, 3.8) is 0 Å². The van der Waals surface area contributed by atoms with E-state index in [0.29, 0.717) is 18.8 Å². The fourth-order valence-electron chi connectivity index (χ4n) is 3.32. The number of methoxy groups -OCH3 is 2. The molecule has 140 valence electrons. The zero-order chi connectivity index (χ0) is 18.4. The minimum absolute atomic E-state index is 0.00574. The molecule has 0 bridgehead atoms. The molecule has 2 N–H and O–H groups in total. The molecule has 1 saturated heterocycles. The lowest BCUT2D eigenvalue weighted by Gasteiger charge is -2.37. The number of nitrogens with zero attached hydrogens (tertiary/aromatic N) is 2. The summed E-state index contributed by atoms with van der Waals surface area (Å²) in [4.78, 5) is 12.5. The van der Waals surface area contributed by atoms with Gasteiger partial charge in [0.2, 0.25) is 0 Å².